The highest BCUT2D eigenvalue weighted by Crippen LogP contribution is 2.27. The summed E-state index contributed by atoms with van der Waals surface area (Å²) < 4.78 is 0. The first-order valence-corrected chi connectivity index (χ1v) is 7.57. The second-order valence-corrected chi connectivity index (χ2v) is 6.27. The number of carbonyl (C=O) groups excluding carboxylic acids is 1. The molecule has 1 aromatic rings. The number of rotatable bonds is 4. The number of hydrogen-bond acceptors (Lipinski definition) is 5. The second-order valence-electron chi connectivity index (χ2n) is 4.94. The molecule has 21 heavy (non-hydrogen) atoms. The Labute approximate surface area is 125 Å². The predicted molar refractivity (Wildman–Crippen MR) is 77.7 cm³/mol. The van der Waals surface area contributed by atoms with E-state index in [1.807, 2.05) is 0 Å². The van der Waals surface area contributed by atoms with Crippen LogP contribution in [0.15, 0.2) is 9.82 Å². The summed E-state index contributed by atoms with van der Waals surface area (Å²) in [7, 11) is 0. The monoisotopic (exact) mass is 311 g/mol. The van der Waals surface area contributed by atoms with Crippen molar-refractivity contribution in [3.05, 3.63) is 21.7 Å². The van der Waals surface area contributed by atoms with Crippen molar-refractivity contribution in [2.45, 2.75) is 37.0 Å². The van der Waals surface area contributed by atoms with Crippen molar-refractivity contribution in [1.82, 2.24) is 14.9 Å². The van der Waals surface area contributed by atoms with E-state index in [2.05, 4.69) is 9.97 Å². The zero-order chi connectivity index (χ0) is 15.6. The van der Waals surface area contributed by atoms with E-state index in [4.69, 9.17) is 0 Å². The molecule has 1 unspecified atom stereocenters. The van der Waals surface area contributed by atoms with Crippen molar-refractivity contribution in [2.24, 2.45) is 0 Å². The number of hydrogen-bond donors (Lipinski definition) is 2. The van der Waals surface area contributed by atoms with E-state index >= 15 is 0 Å². The summed E-state index contributed by atoms with van der Waals surface area (Å²) in [6.07, 6.45) is 1.98. The van der Waals surface area contributed by atoms with Crippen molar-refractivity contribution in [2.75, 3.05) is 13.1 Å². The molecule has 8 heteroatoms. The number of aromatic amines is 1. The molecule has 0 bridgehead atoms. The lowest BCUT2D eigenvalue weighted by atomic mass is 10.2. The van der Waals surface area contributed by atoms with Crippen LogP contribution < -0.4 is 5.69 Å². The van der Waals surface area contributed by atoms with Crippen LogP contribution in [0.3, 0.4) is 0 Å². The van der Waals surface area contributed by atoms with Gasteiger partial charge in [-0.3, -0.25) is 4.79 Å². The Hall–Kier alpha value is -1.83. The molecule has 1 amide bonds. The van der Waals surface area contributed by atoms with E-state index in [0.29, 0.717) is 0 Å². The summed E-state index contributed by atoms with van der Waals surface area (Å²) in [6.45, 7) is 4.67. The van der Waals surface area contributed by atoms with Crippen LogP contribution in [0, 0.1) is 6.92 Å². The molecule has 114 valence electrons. The van der Waals surface area contributed by atoms with Crippen molar-refractivity contribution in [3.8, 4) is 0 Å². The Balaban J connectivity index is 2.24. The van der Waals surface area contributed by atoms with E-state index in [9.17, 15) is 19.5 Å². The molecule has 0 saturated carbocycles. The first-order valence-electron chi connectivity index (χ1n) is 6.70. The van der Waals surface area contributed by atoms with Crippen LogP contribution in [0.4, 0.5) is 0 Å². The summed E-state index contributed by atoms with van der Waals surface area (Å²) in [6, 6.07) is 0. The maximum absolute atomic E-state index is 12.2. The zero-order valence-corrected chi connectivity index (χ0v) is 12.7. The van der Waals surface area contributed by atoms with E-state index in [-0.39, 0.29) is 22.2 Å². The molecule has 1 aromatic heterocycles. The number of likely N-dealkylation sites (tertiary alicyclic amines) is 1. The number of aromatic carboxylic acids is 1. The van der Waals surface area contributed by atoms with Crippen LogP contribution in [0.2, 0.25) is 0 Å². The number of carboxylic acids is 1. The second kappa shape index (κ2) is 6.30. The number of H-pyrrole nitrogens is 1. The molecule has 0 radical (unpaired) electrons. The molecule has 1 saturated heterocycles. The van der Waals surface area contributed by atoms with Gasteiger partial charge in [0.2, 0.25) is 5.91 Å². The van der Waals surface area contributed by atoms with Crippen LogP contribution in [0.25, 0.3) is 0 Å². The van der Waals surface area contributed by atoms with Crippen LogP contribution in [0.5, 0.6) is 0 Å². The Morgan fingerprint density at radius 2 is 2.00 bits per heavy atom. The summed E-state index contributed by atoms with van der Waals surface area (Å²) in [4.78, 5) is 42.8. The number of amides is 1. The van der Waals surface area contributed by atoms with Crippen LogP contribution in [-0.2, 0) is 4.79 Å². The van der Waals surface area contributed by atoms with Gasteiger partial charge in [-0.1, -0.05) is 11.8 Å². The Morgan fingerprint density at radius 1 is 1.38 bits per heavy atom. The number of carbonyl (C=O) groups is 2. The number of nitrogens with zero attached hydrogens (tertiary/aromatic N) is 2. The van der Waals surface area contributed by atoms with Crippen molar-refractivity contribution in [3.63, 3.8) is 0 Å². The highest BCUT2D eigenvalue weighted by Gasteiger charge is 2.27. The molecule has 1 atom stereocenters. The Kier molecular flexibility index (Phi) is 4.66. The van der Waals surface area contributed by atoms with E-state index < -0.39 is 16.9 Å². The third kappa shape index (κ3) is 3.44. The van der Waals surface area contributed by atoms with Crippen molar-refractivity contribution >= 4 is 23.6 Å². The lowest BCUT2D eigenvalue weighted by Gasteiger charge is -2.20. The summed E-state index contributed by atoms with van der Waals surface area (Å²) in [5.74, 6) is -1.21. The first-order chi connectivity index (χ1) is 9.90. The topological polar surface area (TPSA) is 103 Å². The molecule has 0 aromatic carbocycles. The highest BCUT2D eigenvalue weighted by molar-refractivity contribution is 8.00. The van der Waals surface area contributed by atoms with E-state index in [1.165, 1.54) is 6.92 Å². The predicted octanol–water partition coefficient (Wildman–Crippen LogP) is 0.880. The Bertz CT molecular complexity index is 622. The van der Waals surface area contributed by atoms with E-state index in [0.717, 1.165) is 37.7 Å². The molecule has 7 nitrogen and oxygen atoms in total. The number of aryl methyl sites for hydroxylation is 1. The van der Waals surface area contributed by atoms with Gasteiger partial charge < -0.3 is 15.0 Å². The third-order valence-corrected chi connectivity index (χ3v) is 4.43. The number of carboxylic acid groups (broad SMARTS) is 1. The number of nitrogens with one attached hydrogen (secondary N) is 1. The van der Waals surface area contributed by atoms with Gasteiger partial charge in [-0.2, -0.15) is 4.98 Å². The average molecular weight is 311 g/mol. The summed E-state index contributed by atoms with van der Waals surface area (Å²) >= 11 is 1.02. The molecule has 0 spiro atoms. The smallest absolute Gasteiger partial charge is 0.346 e. The molecular formula is C13H17N3O4S. The van der Waals surface area contributed by atoms with Gasteiger partial charge in [-0.25, -0.2) is 9.59 Å². The first kappa shape index (κ1) is 15.6. The van der Waals surface area contributed by atoms with E-state index in [1.54, 1.807) is 11.8 Å². The van der Waals surface area contributed by atoms with Gasteiger partial charge in [-0.15, -0.1) is 0 Å². The molecule has 1 aliphatic rings. The summed E-state index contributed by atoms with van der Waals surface area (Å²) in [5, 5.41) is 8.84. The van der Waals surface area contributed by atoms with Gasteiger partial charge in [0.25, 0.3) is 0 Å². The van der Waals surface area contributed by atoms with Crippen LogP contribution in [-0.4, -0.2) is 50.2 Å². The van der Waals surface area contributed by atoms with Crippen LogP contribution in [0.1, 0.15) is 35.8 Å². The normalized spacial score (nSPS) is 16.0. The third-order valence-electron chi connectivity index (χ3n) is 3.35. The number of aromatic nitrogens is 2. The molecule has 1 fully saturated rings. The highest BCUT2D eigenvalue weighted by atomic mass is 32.2. The lowest BCUT2D eigenvalue weighted by molar-refractivity contribution is -0.129. The molecule has 2 N–H and O–H groups in total. The maximum atomic E-state index is 12.2. The zero-order valence-electron chi connectivity index (χ0n) is 11.9. The van der Waals surface area contributed by atoms with Gasteiger partial charge in [0.05, 0.1) is 5.25 Å². The largest absolute Gasteiger partial charge is 0.478 e. The SMILES string of the molecule is Cc1[nH]c(=O)nc(SC(C)C(=O)N2CCCC2)c1C(=O)O. The van der Waals surface area contributed by atoms with Gasteiger partial charge in [0.15, 0.2) is 0 Å². The minimum atomic E-state index is -1.17. The Morgan fingerprint density at radius 3 is 2.57 bits per heavy atom. The molecule has 0 aliphatic carbocycles. The van der Waals surface area contributed by atoms with Gasteiger partial charge in [-0.05, 0) is 26.7 Å². The fraction of sp³-hybridized carbons (Fsp3) is 0.538. The number of thioether (sulfide) groups is 1. The lowest BCUT2D eigenvalue weighted by Crippen LogP contribution is -2.34. The van der Waals surface area contributed by atoms with Gasteiger partial charge in [0.1, 0.15) is 10.6 Å². The fourth-order valence-corrected chi connectivity index (χ4v) is 3.39. The molecule has 2 heterocycles. The standard InChI is InChI=1S/C13H17N3O4S/c1-7-9(12(18)19)10(15-13(20)14-7)21-8(2)11(17)16-5-3-4-6-16/h8H,3-6H2,1-2H3,(H,18,19)(H,14,15,20). The molecule has 2 rings (SSSR count). The minimum absolute atomic E-state index is 0.0476. The van der Waals surface area contributed by atoms with Crippen LogP contribution >= 0.6 is 11.8 Å². The maximum Gasteiger partial charge on any atom is 0.346 e. The van der Waals surface area contributed by atoms with Gasteiger partial charge in [0, 0.05) is 18.8 Å². The molecule has 1 aliphatic heterocycles. The molecular weight excluding hydrogens is 294 g/mol. The van der Waals surface area contributed by atoms with Crippen molar-refractivity contribution < 1.29 is 14.7 Å². The minimum Gasteiger partial charge on any atom is -0.478 e. The van der Waals surface area contributed by atoms with Gasteiger partial charge >= 0.3 is 11.7 Å². The quantitative estimate of drug-likeness (QED) is 0.632. The summed E-state index contributed by atoms with van der Waals surface area (Å²) in [5.41, 5.74) is -0.424. The van der Waals surface area contributed by atoms with Crippen molar-refractivity contribution in [1.29, 1.82) is 0 Å². The average Bonchev–Trinajstić information content (AvgIpc) is 2.89. The fourth-order valence-electron chi connectivity index (χ4n) is 2.31.